The van der Waals surface area contributed by atoms with Gasteiger partial charge < -0.3 is 20.3 Å². The minimum absolute atomic E-state index is 0. The molecule has 2 rings (SSSR count). The standard InChI is InChI=1S/C18H34N4O2.HI/c1-4-14-6-5-7-16(10-14)21-18(20-12-17(23)22(2)3)19-11-15-8-9-24-13-15;/h14-16H,4-13H2,1-3H3,(H2,19,20,21);1H. The first-order valence-corrected chi connectivity index (χ1v) is 9.41. The van der Waals surface area contributed by atoms with Crippen molar-refractivity contribution in [1.29, 1.82) is 0 Å². The third-order valence-electron chi connectivity index (χ3n) is 5.15. The molecule has 146 valence electrons. The Morgan fingerprint density at radius 2 is 2.04 bits per heavy atom. The van der Waals surface area contributed by atoms with E-state index < -0.39 is 0 Å². The van der Waals surface area contributed by atoms with Crippen molar-refractivity contribution in [2.75, 3.05) is 40.4 Å². The Morgan fingerprint density at radius 1 is 1.24 bits per heavy atom. The minimum atomic E-state index is 0. The summed E-state index contributed by atoms with van der Waals surface area (Å²) >= 11 is 0. The molecule has 1 saturated heterocycles. The maximum absolute atomic E-state index is 11.8. The molecule has 3 atom stereocenters. The zero-order chi connectivity index (χ0) is 17.4. The highest BCUT2D eigenvalue weighted by Crippen LogP contribution is 2.26. The molecule has 7 heteroatoms. The number of guanidine groups is 1. The third-order valence-corrected chi connectivity index (χ3v) is 5.15. The summed E-state index contributed by atoms with van der Waals surface area (Å²) in [6, 6.07) is 0.462. The van der Waals surface area contributed by atoms with Crippen molar-refractivity contribution in [3.8, 4) is 0 Å². The average molecular weight is 466 g/mol. The molecule has 3 unspecified atom stereocenters. The SMILES string of the molecule is CCC1CCCC(NC(=NCC(=O)N(C)C)NCC2CCOC2)C1.I. The lowest BCUT2D eigenvalue weighted by molar-refractivity contribution is -0.127. The largest absolute Gasteiger partial charge is 0.381 e. The highest BCUT2D eigenvalue weighted by molar-refractivity contribution is 14.0. The van der Waals surface area contributed by atoms with Gasteiger partial charge in [-0.3, -0.25) is 4.79 Å². The van der Waals surface area contributed by atoms with E-state index in [2.05, 4.69) is 22.5 Å². The van der Waals surface area contributed by atoms with Crippen molar-refractivity contribution in [2.24, 2.45) is 16.8 Å². The highest BCUT2D eigenvalue weighted by Gasteiger charge is 2.22. The molecule has 2 fully saturated rings. The first-order chi connectivity index (χ1) is 11.6. The second-order valence-corrected chi connectivity index (χ2v) is 7.35. The number of aliphatic imine (C=N–C) groups is 1. The van der Waals surface area contributed by atoms with Crippen LogP contribution in [0.1, 0.15) is 45.4 Å². The van der Waals surface area contributed by atoms with Crippen LogP contribution in [0.5, 0.6) is 0 Å². The number of carbonyl (C=O) groups excluding carboxylic acids is 1. The molecule has 0 radical (unpaired) electrons. The zero-order valence-corrected chi connectivity index (χ0v) is 18.3. The fraction of sp³-hybridized carbons (Fsp3) is 0.889. The predicted molar refractivity (Wildman–Crippen MR) is 113 cm³/mol. The van der Waals surface area contributed by atoms with E-state index in [9.17, 15) is 4.79 Å². The van der Waals surface area contributed by atoms with Gasteiger partial charge >= 0.3 is 0 Å². The maximum Gasteiger partial charge on any atom is 0.243 e. The van der Waals surface area contributed by atoms with Crippen molar-refractivity contribution in [1.82, 2.24) is 15.5 Å². The molecule has 2 aliphatic rings. The molecule has 0 aromatic carbocycles. The molecule has 0 spiro atoms. The molecule has 1 saturated carbocycles. The van der Waals surface area contributed by atoms with Crippen LogP contribution in [0.15, 0.2) is 4.99 Å². The van der Waals surface area contributed by atoms with Gasteiger partial charge in [0, 0.05) is 39.2 Å². The molecule has 1 aliphatic heterocycles. The molecule has 0 aromatic heterocycles. The Kier molecular flexibility index (Phi) is 10.7. The van der Waals surface area contributed by atoms with Crippen molar-refractivity contribution in [3.63, 3.8) is 0 Å². The number of ether oxygens (including phenoxy) is 1. The summed E-state index contributed by atoms with van der Waals surface area (Å²) in [5, 5.41) is 6.99. The van der Waals surface area contributed by atoms with E-state index in [1.54, 1.807) is 19.0 Å². The van der Waals surface area contributed by atoms with Crippen LogP contribution in [0.3, 0.4) is 0 Å². The number of hydrogen-bond acceptors (Lipinski definition) is 3. The van der Waals surface area contributed by atoms with Crippen molar-refractivity contribution in [3.05, 3.63) is 0 Å². The quantitative estimate of drug-likeness (QED) is 0.358. The topological polar surface area (TPSA) is 66.0 Å². The zero-order valence-electron chi connectivity index (χ0n) is 15.9. The van der Waals surface area contributed by atoms with Crippen LogP contribution >= 0.6 is 24.0 Å². The molecule has 25 heavy (non-hydrogen) atoms. The summed E-state index contributed by atoms with van der Waals surface area (Å²) < 4.78 is 5.44. The number of likely N-dealkylation sites (N-methyl/N-ethyl adjacent to an activating group) is 1. The minimum Gasteiger partial charge on any atom is -0.381 e. The van der Waals surface area contributed by atoms with Gasteiger partial charge in [-0.05, 0) is 25.2 Å². The van der Waals surface area contributed by atoms with E-state index in [1.165, 1.54) is 32.1 Å². The Hall–Kier alpha value is -0.570. The Labute approximate surface area is 169 Å². The molecule has 6 nitrogen and oxygen atoms in total. The second-order valence-electron chi connectivity index (χ2n) is 7.35. The average Bonchev–Trinajstić information content (AvgIpc) is 3.10. The van der Waals surface area contributed by atoms with Gasteiger partial charge in [-0.25, -0.2) is 4.99 Å². The fourth-order valence-electron chi connectivity index (χ4n) is 3.41. The molecule has 2 N–H and O–H groups in total. The predicted octanol–water partition coefficient (Wildman–Crippen LogP) is 2.23. The van der Waals surface area contributed by atoms with E-state index in [1.807, 2.05) is 0 Å². The number of nitrogens with one attached hydrogen (secondary N) is 2. The summed E-state index contributed by atoms with van der Waals surface area (Å²) in [5.74, 6) is 2.15. The number of nitrogens with zero attached hydrogens (tertiary/aromatic N) is 2. The number of halogens is 1. The molecule has 0 bridgehead atoms. The van der Waals surface area contributed by atoms with Crippen LogP contribution < -0.4 is 10.6 Å². The monoisotopic (exact) mass is 466 g/mol. The second kappa shape index (κ2) is 11.9. The molecule has 1 heterocycles. The number of amides is 1. The van der Waals surface area contributed by atoms with Gasteiger partial charge in [-0.1, -0.05) is 26.2 Å². The summed E-state index contributed by atoms with van der Waals surface area (Å²) in [6.45, 7) is 4.99. The van der Waals surface area contributed by atoms with Crippen LogP contribution in [0, 0.1) is 11.8 Å². The van der Waals surface area contributed by atoms with Crippen molar-refractivity contribution < 1.29 is 9.53 Å². The van der Waals surface area contributed by atoms with Crippen molar-refractivity contribution in [2.45, 2.75) is 51.5 Å². The highest BCUT2D eigenvalue weighted by atomic mass is 127. The van der Waals surface area contributed by atoms with E-state index in [-0.39, 0.29) is 36.4 Å². The van der Waals surface area contributed by atoms with E-state index in [0.29, 0.717) is 12.0 Å². The van der Waals surface area contributed by atoms with Crippen LogP contribution in [0.25, 0.3) is 0 Å². The van der Waals surface area contributed by atoms with E-state index in [0.717, 1.165) is 38.1 Å². The molecular formula is C18H35IN4O2. The van der Waals surface area contributed by atoms with Gasteiger partial charge in [-0.15, -0.1) is 24.0 Å². The smallest absolute Gasteiger partial charge is 0.243 e. The lowest BCUT2D eigenvalue weighted by Gasteiger charge is -2.30. The summed E-state index contributed by atoms with van der Waals surface area (Å²) in [5.41, 5.74) is 0. The Balaban J connectivity index is 0.00000312. The van der Waals surface area contributed by atoms with Gasteiger partial charge in [-0.2, -0.15) is 0 Å². The third kappa shape index (κ3) is 8.11. The van der Waals surface area contributed by atoms with Crippen molar-refractivity contribution >= 4 is 35.8 Å². The molecule has 0 aromatic rings. The fourth-order valence-corrected chi connectivity index (χ4v) is 3.41. The van der Waals surface area contributed by atoms with Gasteiger partial charge in [0.2, 0.25) is 5.91 Å². The number of hydrogen-bond donors (Lipinski definition) is 2. The summed E-state index contributed by atoms with van der Waals surface area (Å²) in [6.07, 6.45) is 7.34. The van der Waals surface area contributed by atoms with Crippen LogP contribution in [-0.2, 0) is 9.53 Å². The first-order valence-electron chi connectivity index (χ1n) is 9.41. The lowest BCUT2D eigenvalue weighted by Crippen LogP contribution is -2.47. The Bertz CT molecular complexity index is 425. The normalized spacial score (nSPS) is 26.7. The lowest BCUT2D eigenvalue weighted by atomic mass is 9.84. The molecular weight excluding hydrogens is 431 g/mol. The summed E-state index contributed by atoms with van der Waals surface area (Å²) in [7, 11) is 3.53. The molecule has 1 amide bonds. The first kappa shape index (κ1) is 22.5. The summed E-state index contributed by atoms with van der Waals surface area (Å²) in [4.78, 5) is 17.9. The van der Waals surface area contributed by atoms with Gasteiger partial charge in [0.25, 0.3) is 0 Å². The maximum atomic E-state index is 11.8. The van der Waals surface area contributed by atoms with Crippen LogP contribution in [0.2, 0.25) is 0 Å². The van der Waals surface area contributed by atoms with Gasteiger partial charge in [0.05, 0.1) is 6.61 Å². The number of carbonyl (C=O) groups is 1. The number of rotatable bonds is 6. The van der Waals surface area contributed by atoms with Gasteiger partial charge in [0.1, 0.15) is 6.54 Å². The van der Waals surface area contributed by atoms with E-state index in [4.69, 9.17) is 4.74 Å². The Morgan fingerprint density at radius 3 is 2.68 bits per heavy atom. The van der Waals surface area contributed by atoms with Crippen LogP contribution in [-0.4, -0.2) is 63.2 Å². The molecule has 1 aliphatic carbocycles. The van der Waals surface area contributed by atoms with Crippen LogP contribution in [0.4, 0.5) is 0 Å². The van der Waals surface area contributed by atoms with Gasteiger partial charge in [0.15, 0.2) is 5.96 Å². The van der Waals surface area contributed by atoms with E-state index >= 15 is 0 Å².